The molecule has 1 aromatic heterocycles. The maximum Gasteiger partial charge on any atom is 0.293 e. The Labute approximate surface area is 113 Å². The van der Waals surface area contributed by atoms with E-state index in [9.17, 15) is 4.79 Å². The predicted molar refractivity (Wildman–Crippen MR) is 74.4 cm³/mol. The van der Waals surface area contributed by atoms with Crippen LogP contribution in [-0.4, -0.2) is 41.4 Å². The van der Waals surface area contributed by atoms with Crippen molar-refractivity contribution in [2.24, 2.45) is 5.73 Å². The van der Waals surface area contributed by atoms with Gasteiger partial charge in [0.05, 0.1) is 18.8 Å². The minimum Gasteiger partial charge on any atom is -0.373 e. The van der Waals surface area contributed by atoms with E-state index in [-0.39, 0.29) is 17.7 Å². The second-order valence-corrected chi connectivity index (χ2v) is 4.94. The Bertz CT molecular complexity index is 474. The molecule has 0 aromatic carbocycles. The Balaban J connectivity index is 2.29. The molecular weight excluding hydrogens is 244 g/mol. The first kappa shape index (κ1) is 14.0. The number of rotatable bonds is 4. The molecule has 2 heterocycles. The topological polar surface area (TPSA) is 73.4 Å². The van der Waals surface area contributed by atoms with Gasteiger partial charge in [0.15, 0.2) is 5.82 Å². The van der Waals surface area contributed by atoms with Gasteiger partial charge in [-0.25, -0.2) is 4.98 Å². The zero-order valence-corrected chi connectivity index (χ0v) is 11.6. The van der Waals surface area contributed by atoms with Gasteiger partial charge < -0.3 is 19.9 Å². The van der Waals surface area contributed by atoms with Crippen molar-refractivity contribution < 1.29 is 4.74 Å². The predicted octanol–water partition coefficient (Wildman–Crippen LogP) is 0.206. The van der Waals surface area contributed by atoms with Crippen LogP contribution in [0.25, 0.3) is 0 Å². The maximum absolute atomic E-state index is 12.4. The summed E-state index contributed by atoms with van der Waals surface area (Å²) in [5, 5.41) is 0. The zero-order chi connectivity index (χ0) is 13.8. The molecule has 19 heavy (non-hydrogen) atoms. The molecule has 1 aromatic rings. The van der Waals surface area contributed by atoms with E-state index < -0.39 is 0 Å². The number of hydrogen-bond donors (Lipinski definition) is 1. The lowest BCUT2D eigenvalue weighted by Gasteiger charge is -2.38. The van der Waals surface area contributed by atoms with Crippen LogP contribution in [0.3, 0.4) is 0 Å². The standard InChI is InChI=1S/C13H22N4O2/c1-3-5-16-6-4-15-12(13(16)18)17-8-11(7-14)19-9-10(17)2/h4,6,10-11H,3,5,7-9,14H2,1-2H3. The lowest BCUT2D eigenvalue weighted by molar-refractivity contribution is 0.0278. The Morgan fingerprint density at radius 1 is 1.58 bits per heavy atom. The van der Waals surface area contributed by atoms with Gasteiger partial charge in [-0.05, 0) is 13.3 Å². The molecule has 0 bridgehead atoms. The van der Waals surface area contributed by atoms with Crippen LogP contribution in [0.4, 0.5) is 5.82 Å². The molecular formula is C13H22N4O2. The van der Waals surface area contributed by atoms with Gasteiger partial charge >= 0.3 is 0 Å². The van der Waals surface area contributed by atoms with Crippen LogP contribution in [0, 0.1) is 0 Å². The molecule has 0 radical (unpaired) electrons. The number of nitrogens with two attached hydrogens (primary N) is 1. The molecule has 1 fully saturated rings. The monoisotopic (exact) mass is 266 g/mol. The molecule has 106 valence electrons. The van der Waals surface area contributed by atoms with Gasteiger partial charge in [-0.2, -0.15) is 0 Å². The van der Waals surface area contributed by atoms with Crippen molar-refractivity contribution in [2.75, 3.05) is 24.6 Å². The second kappa shape index (κ2) is 6.16. The van der Waals surface area contributed by atoms with E-state index >= 15 is 0 Å². The fourth-order valence-electron chi connectivity index (χ4n) is 2.30. The van der Waals surface area contributed by atoms with Crippen molar-refractivity contribution in [3.8, 4) is 0 Å². The molecule has 2 rings (SSSR count). The third-order valence-electron chi connectivity index (χ3n) is 3.40. The quantitative estimate of drug-likeness (QED) is 0.843. The Kier molecular flexibility index (Phi) is 4.55. The van der Waals surface area contributed by atoms with Crippen LogP contribution in [0.2, 0.25) is 0 Å². The summed E-state index contributed by atoms with van der Waals surface area (Å²) in [7, 11) is 0. The molecule has 6 heteroatoms. The van der Waals surface area contributed by atoms with Crippen molar-refractivity contribution in [2.45, 2.75) is 39.0 Å². The summed E-state index contributed by atoms with van der Waals surface area (Å²) in [5.74, 6) is 0.505. The van der Waals surface area contributed by atoms with Crippen LogP contribution < -0.4 is 16.2 Å². The number of aromatic nitrogens is 2. The Hall–Kier alpha value is -1.40. The second-order valence-electron chi connectivity index (χ2n) is 4.94. The van der Waals surface area contributed by atoms with Gasteiger partial charge in [0.1, 0.15) is 0 Å². The highest BCUT2D eigenvalue weighted by atomic mass is 16.5. The molecule has 2 unspecified atom stereocenters. The van der Waals surface area contributed by atoms with E-state index in [4.69, 9.17) is 10.5 Å². The fraction of sp³-hybridized carbons (Fsp3) is 0.692. The van der Waals surface area contributed by atoms with Crippen LogP contribution >= 0.6 is 0 Å². The summed E-state index contributed by atoms with van der Waals surface area (Å²) in [6, 6.07) is 0.139. The van der Waals surface area contributed by atoms with Gasteiger partial charge in [-0.3, -0.25) is 4.79 Å². The molecule has 0 spiro atoms. The van der Waals surface area contributed by atoms with E-state index in [0.717, 1.165) is 6.42 Å². The summed E-state index contributed by atoms with van der Waals surface area (Å²) in [6.07, 6.45) is 4.32. The number of morpholine rings is 1. The van der Waals surface area contributed by atoms with Crippen molar-refractivity contribution in [3.63, 3.8) is 0 Å². The van der Waals surface area contributed by atoms with Gasteiger partial charge in [-0.15, -0.1) is 0 Å². The summed E-state index contributed by atoms with van der Waals surface area (Å²) in [5.41, 5.74) is 5.62. The van der Waals surface area contributed by atoms with E-state index in [1.807, 2.05) is 18.7 Å². The maximum atomic E-state index is 12.4. The van der Waals surface area contributed by atoms with E-state index in [1.165, 1.54) is 0 Å². The smallest absolute Gasteiger partial charge is 0.293 e. The highest BCUT2D eigenvalue weighted by molar-refractivity contribution is 5.38. The average Bonchev–Trinajstić information content (AvgIpc) is 2.42. The van der Waals surface area contributed by atoms with Gasteiger partial charge in [0.25, 0.3) is 5.56 Å². The summed E-state index contributed by atoms with van der Waals surface area (Å²) >= 11 is 0. The van der Waals surface area contributed by atoms with E-state index in [1.54, 1.807) is 17.0 Å². The average molecular weight is 266 g/mol. The third kappa shape index (κ3) is 2.96. The molecule has 2 atom stereocenters. The fourth-order valence-corrected chi connectivity index (χ4v) is 2.30. The lowest BCUT2D eigenvalue weighted by atomic mass is 10.2. The van der Waals surface area contributed by atoms with Crippen molar-refractivity contribution in [1.82, 2.24) is 9.55 Å². The number of nitrogens with zero attached hydrogens (tertiary/aromatic N) is 3. The molecule has 0 saturated carbocycles. The largest absolute Gasteiger partial charge is 0.373 e. The first-order valence-corrected chi connectivity index (χ1v) is 6.81. The molecule has 0 amide bonds. The van der Waals surface area contributed by atoms with Gasteiger partial charge in [0.2, 0.25) is 0 Å². The normalized spacial score (nSPS) is 23.6. The van der Waals surface area contributed by atoms with Crippen LogP contribution in [-0.2, 0) is 11.3 Å². The number of hydrogen-bond acceptors (Lipinski definition) is 5. The van der Waals surface area contributed by atoms with Crippen LogP contribution in [0.1, 0.15) is 20.3 Å². The summed E-state index contributed by atoms with van der Waals surface area (Å²) < 4.78 is 7.32. The third-order valence-corrected chi connectivity index (χ3v) is 3.40. The number of anilines is 1. The summed E-state index contributed by atoms with van der Waals surface area (Å²) in [4.78, 5) is 18.7. The zero-order valence-electron chi connectivity index (χ0n) is 11.6. The molecule has 2 N–H and O–H groups in total. The molecule has 1 aliphatic rings. The Morgan fingerprint density at radius 3 is 3.05 bits per heavy atom. The van der Waals surface area contributed by atoms with E-state index in [2.05, 4.69) is 4.98 Å². The van der Waals surface area contributed by atoms with Crippen LogP contribution in [0.15, 0.2) is 17.2 Å². The van der Waals surface area contributed by atoms with Crippen molar-refractivity contribution in [1.29, 1.82) is 0 Å². The minimum atomic E-state index is -0.0335. The molecule has 0 aliphatic carbocycles. The highest BCUT2D eigenvalue weighted by Crippen LogP contribution is 2.16. The van der Waals surface area contributed by atoms with Crippen molar-refractivity contribution in [3.05, 3.63) is 22.7 Å². The molecule has 6 nitrogen and oxygen atoms in total. The Morgan fingerprint density at radius 2 is 2.37 bits per heavy atom. The van der Waals surface area contributed by atoms with Crippen molar-refractivity contribution >= 4 is 5.82 Å². The first-order chi connectivity index (χ1) is 9.17. The lowest BCUT2D eigenvalue weighted by Crippen LogP contribution is -2.52. The first-order valence-electron chi connectivity index (χ1n) is 6.81. The van der Waals surface area contributed by atoms with E-state index in [0.29, 0.717) is 32.1 Å². The number of ether oxygens (including phenoxy) is 1. The SMILES string of the molecule is CCCn1ccnc(N2CC(CN)OCC2C)c1=O. The van der Waals surface area contributed by atoms with Gasteiger partial charge in [-0.1, -0.05) is 6.92 Å². The van der Waals surface area contributed by atoms with Gasteiger partial charge in [0, 0.05) is 32.0 Å². The summed E-state index contributed by atoms with van der Waals surface area (Å²) in [6.45, 7) is 6.45. The minimum absolute atomic E-state index is 0.0303. The highest BCUT2D eigenvalue weighted by Gasteiger charge is 2.28. The molecule has 1 saturated heterocycles. The molecule has 1 aliphatic heterocycles. The number of aryl methyl sites for hydroxylation is 1. The van der Waals surface area contributed by atoms with Crippen LogP contribution in [0.5, 0.6) is 0 Å².